The summed E-state index contributed by atoms with van der Waals surface area (Å²) in [6.45, 7) is 3.00. The second-order valence-corrected chi connectivity index (χ2v) is 6.38. The topological polar surface area (TPSA) is 45.5 Å². The molecule has 3 rings (SSSR count). The first-order valence-corrected chi connectivity index (χ1v) is 8.77. The van der Waals surface area contributed by atoms with E-state index in [1.807, 2.05) is 65.6 Å². The molecule has 0 saturated heterocycles. The molecule has 5 heteroatoms. The molecule has 0 atom stereocenters. The summed E-state index contributed by atoms with van der Waals surface area (Å²) in [5, 5.41) is 3.15. The Hall–Kier alpha value is -2.92. The molecule has 0 bridgehead atoms. The summed E-state index contributed by atoms with van der Waals surface area (Å²) in [5.41, 5.74) is 2.24. The molecule has 2 aromatic carbocycles. The van der Waals surface area contributed by atoms with E-state index in [0.29, 0.717) is 24.0 Å². The Labute approximate surface area is 158 Å². The number of carbonyl (C=O) groups excluding carboxylic acids is 1. The van der Waals surface area contributed by atoms with E-state index in [9.17, 15) is 4.79 Å². The predicted octanol–water partition coefficient (Wildman–Crippen LogP) is 4.31. The number of furan rings is 1. The Morgan fingerprint density at radius 1 is 0.923 bits per heavy atom. The van der Waals surface area contributed by atoms with E-state index in [2.05, 4.69) is 5.32 Å². The quantitative estimate of drug-likeness (QED) is 0.686. The van der Waals surface area contributed by atoms with Gasteiger partial charge in [0, 0.05) is 13.1 Å². The number of nitrogens with zero attached hydrogens (tertiary/aromatic N) is 1. The summed E-state index contributed by atoms with van der Waals surface area (Å²) < 4.78 is 5.37. The van der Waals surface area contributed by atoms with Crippen molar-refractivity contribution in [2.45, 2.75) is 20.0 Å². The van der Waals surface area contributed by atoms with E-state index < -0.39 is 0 Å². The summed E-state index contributed by atoms with van der Waals surface area (Å²) in [6.07, 6.45) is 0. The van der Waals surface area contributed by atoms with E-state index >= 15 is 0 Å². The molecule has 0 aliphatic heterocycles. The maximum atomic E-state index is 12.4. The van der Waals surface area contributed by atoms with Crippen molar-refractivity contribution >= 4 is 23.2 Å². The Morgan fingerprint density at radius 2 is 1.46 bits per heavy atom. The normalized spacial score (nSPS) is 10.3. The van der Waals surface area contributed by atoms with Gasteiger partial charge in [-0.05, 0) is 42.4 Å². The van der Waals surface area contributed by atoms with E-state index in [4.69, 9.17) is 16.6 Å². The van der Waals surface area contributed by atoms with Crippen LogP contribution in [-0.2, 0) is 13.1 Å². The molecular formula is C21H20N2O2S. The van der Waals surface area contributed by atoms with E-state index in [0.717, 1.165) is 11.1 Å². The third-order valence-corrected chi connectivity index (χ3v) is 4.26. The molecule has 26 heavy (non-hydrogen) atoms. The van der Waals surface area contributed by atoms with Crippen molar-refractivity contribution in [3.8, 4) is 0 Å². The first kappa shape index (κ1) is 17.9. The molecule has 1 heterocycles. The number of hydrogen-bond donors (Lipinski definition) is 1. The number of thiocarbonyl (C=S) groups is 1. The average molecular weight is 364 g/mol. The van der Waals surface area contributed by atoms with Crippen LogP contribution in [0.2, 0.25) is 0 Å². The van der Waals surface area contributed by atoms with Crippen molar-refractivity contribution in [2.75, 3.05) is 0 Å². The SMILES string of the molecule is Cc1ccc(C(=O)NC(=S)N(Cc2ccccc2)Cc2ccccc2)o1. The van der Waals surface area contributed by atoms with Crippen LogP contribution in [0.3, 0.4) is 0 Å². The van der Waals surface area contributed by atoms with Gasteiger partial charge in [-0.15, -0.1) is 0 Å². The number of carbonyl (C=O) groups is 1. The highest BCUT2D eigenvalue weighted by Gasteiger charge is 2.17. The van der Waals surface area contributed by atoms with Gasteiger partial charge in [-0.2, -0.15) is 0 Å². The van der Waals surface area contributed by atoms with Crippen molar-refractivity contribution in [3.63, 3.8) is 0 Å². The van der Waals surface area contributed by atoms with Crippen molar-refractivity contribution in [1.82, 2.24) is 10.2 Å². The molecule has 0 radical (unpaired) electrons. The molecule has 1 N–H and O–H groups in total. The fraction of sp³-hybridized carbons (Fsp3) is 0.143. The van der Waals surface area contributed by atoms with Gasteiger partial charge in [0.05, 0.1) is 0 Å². The van der Waals surface area contributed by atoms with Crippen LogP contribution in [0.15, 0.2) is 77.2 Å². The van der Waals surface area contributed by atoms with Gasteiger partial charge in [0.25, 0.3) is 5.91 Å². The highest BCUT2D eigenvalue weighted by Crippen LogP contribution is 2.12. The van der Waals surface area contributed by atoms with Gasteiger partial charge < -0.3 is 9.32 Å². The Morgan fingerprint density at radius 3 is 1.92 bits per heavy atom. The molecule has 0 aliphatic carbocycles. The van der Waals surface area contributed by atoms with Gasteiger partial charge >= 0.3 is 0 Å². The first-order chi connectivity index (χ1) is 12.6. The molecule has 0 saturated carbocycles. The number of hydrogen-bond acceptors (Lipinski definition) is 3. The lowest BCUT2D eigenvalue weighted by Gasteiger charge is -2.25. The van der Waals surface area contributed by atoms with Crippen LogP contribution in [0.4, 0.5) is 0 Å². The van der Waals surface area contributed by atoms with Crippen LogP contribution in [0.5, 0.6) is 0 Å². The number of benzene rings is 2. The largest absolute Gasteiger partial charge is 0.456 e. The molecule has 0 aliphatic rings. The fourth-order valence-corrected chi connectivity index (χ4v) is 2.82. The molecule has 1 amide bonds. The van der Waals surface area contributed by atoms with Gasteiger partial charge in [0.2, 0.25) is 0 Å². The lowest BCUT2D eigenvalue weighted by Crippen LogP contribution is -2.41. The minimum atomic E-state index is -0.339. The van der Waals surface area contributed by atoms with Crippen LogP contribution in [0.25, 0.3) is 0 Å². The summed E-state index contributed by atoms with van der Waals surface area (Å²) in [5.74, 6) is 0.602. The van der Waals surface area contributed by atoms with E-state index in [1.165, 1.54) is 0 Å². The highest BCUT2D eigenvalue weighted by molar-refractivity contribution is 7.80. The number of amides is 1. The maximum absolute atomic E-state index is 12.4. The van der Waals surface area contributed by atoms with Crippen LogP contribution in [0, 0.1) is 6.92 Å². The molecule has 132 valence electrons. The minimum absolute atomic E-state index is 0.254. The van der Waals surface area contributed by atoms with Gasteiger partial charge in [-0.3, -0.25) is 10.1 Å². The Bertz CT molecular complexity index is 834. The highest BCUT2D eigenvalue weighted by atomic mass is 32.1. The summed E-state index contributed by atoms with van der Waals surface area (Å²) >= 11 is 5.51. The lowest BCUT2D eigenvalue weighted by atomic mass is 10.2. The van der Waals surface area contributed by atoms with E-state index in [-0.39, 0.29) is 11.7 Å². The second kappa shape index (κ2) is 8.45. The predicted molar refractivity (Wildman–Crippen MR) is 106 cm³/mol. The summed E-state index contributed by atoms with van der Waals surface area (Å²) in [7, 11) is 0. The van der Waals surface area contributed by atoms with Crippen molar-refractivity contribution in [1.29, 1.82) is 0 Å². The van der Waals surface area contributed by atoms with Crippen molar-refractivity contribution < 1.29 is 9.21 Å². The second-order valence-electron chi connectivity index (χ2n) is 6.00. The van der Waals surface area contributed by atoms with Crippen LogP contribution in [-0.4, -0.2) is 15.9 Å². The average Bonchev–Trinajstić information content (AvgIpc) is 3.09. The number of rotatable bonds is 5. The van der Waals surface area contributed by atoms with Crippen LogP contribution in [0.1, 0.15) is 27.4 Å². The van der Waals surface area contributed by atoms with Crippen LogP contribution >= 0.6 is 12.2 Å². The maximum Gasteiger partial charge on any atom is 0.293 e. The first-order valence-electron chi connectivity index (χ1n) is 8.36. The molecule has 3 aromatic rings. The van der Waals surface area contributed by atoms with E-state index in [1.54, 1.807) is 19.1 Å². The smallest absolute Gasteiger partial charge is 0.293 e. The third-order valence-electron chi connectivity index (χ3n) is 3.90. The zero-order chi connectivity index (χ0) is 18.4. The number of nitrogens with one attached hydrogen (secondary N) is 1. The van der Waals surface area contributed by atoms with Crippen molar-refractivity contribution in [2.24, 2.45) is 0 Å². The molecule has 1 aromatic heterocycles. The van der Waals surface area contributed by atoms with Crippen LogP contribution < -0.4 is 5.32 Å². The zero-order valence-electron chi connectivity index (χ0n) is 14.5. The minimum Gasteiger partial charge on any atom is -0.456 e. The van der Waals surface area contributed by atoms with Crippen molar-refractivity contribution in [3.05, 3.63) is 95.4 Å². The summed E-state index contributed by atoms with van der Waals surface area (Å²) in [6, 6.07) is 23.5. The third kappa shape index (κ3) is 4.80. The van der Waals surface area contributed by atoms with Gasteiger partial charge in [0.15, 0.2) is 10.9 Å². The Kier molecular flexibility index (Phi) is 5.81. The zero-order valence-corrected chi connectivity index (χ0v) is 15.3. The van der Waals surface area contributed by atoms with Gasteiger partial charge in [-0.1, -0.05) is 60.7 Å². The number of aryl methyl sites for hydroxylation is 1. The Balaban J connectivity index is 1.75. The van der Waals surface area contributed by atoms with Gasteiger partial charge in [-0.25, -0.2) is 0 Å². The molecule has 0 unspecified atom stereocenters. The standard InChI is InChI=1S/C21H20N2O2S/c1-16-12-13-19(25-16)20(24)22-21(26)23(14-17-8-4-2-5-9-17)15-18-10-6-3-7-11-18/h2-13H,14-15H2,1H3,(H,22,24,26). The molecule has 0 spiro atoms. The molecule has 4 nitrogen and oxygen atoms in total. The fourth-order valence-electron chi connectivity index (χ4n) is 2.60. The lowest BCUT2D eigenvalue weighted by molar-refractivity contribution is 0.0944. The molecule has 0 fully saturated rings. The summed E-state index contributed by atoms with van der Waals surface area (Å²) in [4.78, 5) is 14.3. The monoisotopic (exact) mass is 364 g/mol. The molecular weight excluding hydrogens is 344 g/mol. The van der Waals surface area contributed by atoms with Gasteiger partial charge in [0.1, 0.15) is 5.76 Å².